The van der Waals surface area contributed by atoms with E-state index in [1.165, 1.54) is 24.2 Å². The molecule has 2 heterocycles. The van der Waals surface area contributed by atoms with E-state index in [4.69, 9.17) is 4.74 Å². The fraction of sp³-hybridized carbons (Fsp3) is 0.375. The minimum absolute atomic E-state index is 0.0836. The number of fused-ring (bicyclic) bond motifs is 1. The SMILES string of the molecule is O=C(CC1OC(=O)c2ccccc21)Nc1nnc(CC2CC2)s1. The number of amides is 1. The van der Waals surface area contributed by atoms with Gasteiger partial charge < -0.3 is 10.1 Å². The lowest BCUT2D eigenvalue weighted by Crippen LogP contribution is -2.15. The van der Waals surface area contributed by atoms with Crippen molar-refractivity contribution in [3.8, 4) is 0 Å². The molecule has 1 N–H and O–H groups in total. The Kier molecular flexibility index (Phi) is 3.57. The van der Waals surface area contributed by atoms with E-state index in [-0.39, 0.29) is 18.3 Å². The van der Waals surface area contributed by atoms with Crippen molar-refractivity contribution < 1.29 is 14.3 Å². The molecule has 0 saturated heterocycles. The average Bonchev–Trinajstić information content (AvgIpc) is 3.16. The maximum atomic E-state index is 12.2. The molecule has 0 spiro atoms. The van der Waals surface area contributed by atoms with Gasteiger partial charge in [0, 0.05) is 12.0 Å². The molecule has 1 aliphatic carbocycles. The summed E-state index contributed by atoms with van der Waals surface area (Å²) in [5.74, 6) is 0.135. The van der Waals surface area contributed by atoms with Crippen LogP contribution in [0.3, 0.4) is 0 Å². The van der Waals surface area contributed by atoms with Crippen molar-refractivity contribution in [2.75, 3.05) is 5.32 Å². The number of nitrogens with zero attached hydrogens (tertiary/aromatic N) is 2. The molecule has 1 aliphatic heterocycles. The van der Waals surface area contributed by atoms with Gasteiger partial charge in [0.05, 0.1) is 12.0 Å². The fourth-order valence-corrected chi connectivity index (χ4v) is 3.54. The third kappa shape index (κ3) is 3.10. The summed E-state index contributed by atoms with van der Waals surface area (Å²) in [6.07, 6.45) is 3.01. The standard InChI is InChI=1S/C16H15N3O3S/c20-13(17-16-19-18-14(23-16)7-9-5-6-9)8-12-10-3-1-2-4-11(10)15(21)22-12/h1-4,9,12H,5-8H2,(H,17,19,20). The highest BCUT2D eigenvalue weighted by Crippen LogP contribution is 2.35. The Bertz CT molecular complexity index is 769. The first-order chi connectivity index (χ1) is 11.2. The predicted molar refractivity (Wildman–Crippen MR) is 84.2 cm³/mol. The van der Waals surface area contributed by atoms with Crippen LogP contribution in [-0.4, -0.2) is 22.1 Å². The van der Waals surface area contributed by atoms with Crippen LogP contribution in [-0.2, 0) is 16.0 Å². The van der Waals surface area contributed by atoms with Gasteiger partial charge >= 0.3 is 5.97 Å². The molecule has 1 unspecified atom stereocenters. The highest BCUT2D eigenvalue weighted by atomic mass is 32.1. The lowest BCUT2D eigenvalue weighted by atomic mass is 10.0. The first-order valence-electron chi connectivity index (χ1n) is 7.61. The molecule has 23 heavy (non-hydrogen) atoms. The van der Waals surface area contributed by atoms with Crippen molar-refractivity contribution in [1.29, 1.82) is 0 Å². The number of aromatic nitrogens is 2. The number of anilines is 1. The number of cyclic esters (lactones) is 1. The lowest BCUT2D eigenvalue weighted by molar-refractivity contribution is -0.118. The molecule has 7 heteroatoms. The van der Waals surface area contributed by atoms with E-state index in [1.54, 1.807) is 12.1 Å². The molecule has 1 atom stereocenters. The van der Waals surface area contributed by atoms with Crippen LogP contribution in [0.15, 0.2) is 24.3 Å². The Hall–Kier alpha value is -2.28. The smallest absolute Gasteiger partial charge is 0.339 e. The molecule has 0 radical (unpaired) electrons. The number of hydrogen-bond acceptors (Lipinski definition) is 6. The molecule has 0 bridgehead atoms. The molecule has 4 rings (SSSR count). The van der Waals surface area contributed by atoms with Gasteiger partial charge in [0.15, 0.2) is 0 Å². The monoisotopic (exact) mass is 329 g/mol. The molecule has 2 aromatic rings. The first-order valence-corrected chi connectivity index (χ1v) is 8.43. The van der Waals surface area contributed by atoms with E-state index in [2.05, 4.69) is 15.5 Å². The van der Waals surface area contributed by atoms with Crippen molar-refractivity contribution in [3.05, 3.63) is 40.4 Å². The number of nitrogens with one attached hydrogen (secondary N) is 1. The van der Waals surface area contributed by atoms with Crippen LogP contribution < -0.4 is 5.32 Å². The Morgan fingerprint density at radius 2 is 2.13 bits per heavy atom. The summed E-state index contributed by atoms with van der Waals surface area (Å²) in [6.45, 7) is 0. The average molecular weight is 329 g/mol. The number of hydrogen-bond donors (Lipinski definition) is 1. The molecule has 1 saturated carbocycles. The summed E-state index contributed by atoms with van der Waals surface area (Å²) in [6, 6.07) is 7.15. The topological polar surface area (TPSA) is 81.2 Å². The maximum absolute atomic E-state index is 12.2. The first kappa shape index (κ1) is 14.3. The number of rotatable bonds is 5. The van der Waals surface area contributed by atoms with Crippen LogP contribution in [0.1, 0.15) is 46.3 Å². The summed E-state index contributed by atoms with van der Waals surface area (Å²) in [4.78, 5) is 23.9. The molecule has 1 aromatic heterocycles. The van der Waals surface area contributed by atoms with Crippen molar-refractivity contribution in [2.45, 2.75) is 31.8 Å². The second kappa shape index (κ2) is 5.73. The Morgan fingerprint density at radius 3 is 2.96 bits per heavy atom. The van der Waals surface area contributed by atoms with E-state index in [0.29, 0.717) is 10.7 Å². The molecule has 6 nitrogen and oxygen atoms in total. The van der Waals surface area contributed by atoms with Gasteiger partial charge in [0.2, 0.25) is 11.0 Å². The summed E-state index contributed by atoms with van der Waals surface area (Å²) in [5.41, 5.74) is 1.30. The number of carbonyl (C=O) groups is 2. The van der Waals surface area contributed by atoms with E-state index in [9.17, 15) is 9.59 Å². The van der Waals surface area contributed by atoms with E-state index < -0.39 is 6.10 Å². The second-order valence-corrected chi connectivity index (χ2v) is 6.94. The van der Waals surface area contributed by atoms with Gasteiger partial charge in [-0.1, -0.05) is 29.5 Å². The zero-order valence-electron chi connectivity index (χ0n) is 12.3. The van der Waals surface area contributed by atoms with E-state index in [0.717, 1.165) is 22.9 Å². The molecule has 2 aliphatic rings. The van der Waals surface area contributed by atoms with Crippen molar-refractivity contribution >= 4 is 28.3 Å². The van der Waals surface area contributed by atoms with E-state index in [1.807, 2.05) is 12.1 Å². The largest absolute Gasteiger partial charge is 0.453 e. The molecule has 118 valence electrons. The maximum Gasteiger partial charge on any atom is 0.339 e. The number of carbonyl (C=O) groups excluding carboxylic acids is 2. The van der Waals surface area contributed by atoms with Crippen molar-refractivity contribution in [3.63, 3.8) is 0 Å². The summed E-state index contributed by atoms with van der Waals surface area (Å²) < 4.78 is 5.27. The Balaban J connectivity index is 1.38. The van der Waals surface area contributed by atoms with Gasteiger partial charge in [0.1, 0.15) is 11.1 Å². The van der Waals surface area contributed by atoms with Crippen LogP contribution in [0.2, 0.25) is 0 Å². The minimum atomic E-state index is -0.530. The van der Waals surface area contributed by atoms with Crippen LogP contribution in [0.25, 0.3) is 0 Å². The van der Waals surface area contributed by atoms with Gasteiger partial charge in [-0.25, -0.2) is 4.79 Å². The van der Waals surface area contributed by atoms with Crippen LogP contribution >= 0.6 is 11.3 Å². The molecular formula is C16H15N3O3S. The van der Waals surface area contributed by atoms with Gasteiger partial charge in [-0.05, 0) is 24.8 Å². The molecule has 1 fully saturated rings. The highest BCUT2D eigenvalue weighted by Gasteiger charge is 2.32. The molecule has 1 amide bonds. The fourth-order valence-electron chi connectivity index (χ4n) is 2.67. The number of ether oxygens (including phenoxy) is 1. The minimum Gasteiger partial charge on any atom is -0.453 e. The number of esters is 1. The van der Waals surface area contributed by atoms with Gasteiger partial charge in [-0.2, -0.15) is 0 Å². The Labute approximate surface area is 136 Å². The van der Waals surface area contributed by atoms with Gasteiger partial charge in [0.25, 0.3) is 0 Å². The Morgan fingerprint density at radius 1 is 1.30 bits per heavy atom. The van der Waals surface area contributed by atoms with Gasteiger partial charge in [-0.3, -0.25) is 4.79 Å². The third-order valence-electron chi connectivity index (χ3n) is 4.02. The van der Waals surface area contributed by atoms with Crippen molar-refractivity contribution in [1.82, 2.24) is 10.2 Å². The highest BCUT2D eigenvalue weighted by molar-refractivity contribution is 7.15. The zero-order valence-corrected chi connectivity index (χ0v) is 13.1. The van der Waals surface area contributed by atoms with Gasteiger partial charge in [-0.15, -0.1) is 10.2 Å². The van der Waals surface area contributed by atoms with Crippen LogP contribution in [0.5, 0.6) is 0 Å². The quantitative estimate of drug-likeness (QED) is 0.853. The summed E-state index contributed by atoms with van der Waals surface area (Å²) in [5, 5.41) is 12.3. The summed E-state index contributed by atoms with van der Waals surface area (Å²) in [7, 11) is 0. The normalized spacial score (nSPS) is 19.3. The predicted octanol–water partition coefficient (Wildman–Crippen LogP) is 2.73. The van der Waals surface area contributed by atoms with Crippen LogP contribution in [0.4, 0.5) is 5.13 Å². The second-order valence-electron chi connectivity index (χ2n) is 5.88. The molecular weight excluding hydrogens is 314 g/mol. The van der Waals surface area contributed by atoms with Crippen molar-refractivity contribution in [2.24, 2.45) is 5.92 Å². The summed E-state index contributed by atoms with van der Waals surface area (Å²) >= 11 is 1.41. The third-order valence-corrected chi connectivity index (χ3v) is 4.88. The van der Waals surface area contributed by atoms with Crippen LogP contribution in [0, 0.1) is 5.92 Å². The van der Waals surface area contributed by atoms with E-state index >= 15 is 0 Å². The lowest BCUT2D eigenvalue weighted by Gasteiger charge is -2.09. The molecule has 1 aromatic carbocycles. The number of benzene rings is 1. The zero-order chi connectivity index (χ0) is 15.8.